The van der Waals surface area contributed by atoms with Gasteiger partial charge in [0.2, 0.25) is 0 Å². The molecule has 21 heavy (non-hydrogen) atoms. The van der Waals surface area contributed by atoms with Crippen molar-refractivity contribution in [2.75, 3.05) is 7.11 Å². The number of hydrogen-bond donors (Lipinski definition) is 0. The molecule has 0 N–H and O–H groups in total. The van der Waals surface area contributed by atoms with Crippen LogP contribution in [0.15, 0.2) is 18.2 Å². The molecule has 3 heteroatoms. The summed E-state index contributed by atoms with van der Waals surface area (Å²) in [7, 11) is 1.64. The van der Waals surface area contributed by atoms with Gasteiger partial charge in [0.25, 0.3) is 0 Å². The molecule has 3 nitrogen and oxygen atoms in total. The summed E-state index contributed by atoms with van der Waals surface area (Å²) in [6.07, 6.45) is 4.60. The van der Waals surface area contributed by atoms with Crippen LogP contribution >= 0.6 is 0 Å². The summed E-state index contributed by atoms with van der Waals surface area (Å²) in [5.74, 6) is 1.48. The van der Waals surface area contributed by atoms with Gasteiger partial charge in [-0.1, -0.05) is 20.8 Å². The summed E-state index contributed by atoms with van der Waals surface area (Å²) in [5, 5.41) is 0. The highest BCUT2D eigenvalue weighted by Gasteiger charge is 2.32. The maximum absolute atomic E-state index is 10.9. The van der Waals surface area contributed by atoms with Gasteiger partial charge in [-0.15, -0.1) is 0 Å². The molecule has 0 spiro atoms. The highest BCUT2D eigenvalue weighted by molar-refractivity contribution is 5.75. The van der Waals surface area contributed by atoms with Crippen molar-refractivity contribution in [2.24, 2.45) is 11.3 Å². The fourth-order valence-electron chi connectivity index (χ4n) is 3.58. The lowest BCUT2D eigenvalue weighted by atomic mass is 9.71. The Balaban J connectivity index is 2.03. The number of methoxy groups -OCH3 is 1. The number of hydrogen-bond acceptors (Lipinski definition) is 3. The second-order valence-electron chi connectivity index (χ2n) is 7.04. The van der Waals surface area contributed by atoms with E-state index in [9.17, 15) is 4.79 Å². The van der Waals surface area contributed by atoms with E-state index in [1.54, 1.807) is 13.2 Å². The first-order valence-electron chi connectivity index (χ1n) is 7.67. The number of rotatable bonds is 5. The lowest BCUT2D eigenvalue weighted by Gasteiger charge is -2.38. The molecule has 1 aliphatic carbocycles. The Hall–Kier alpha value is -1.35. The van der Waals surface area contributed by atoms with Gasteiger partial charge < -0.3 is 9.47 Å². The molecule has 0 amide bonds. The Kier molecular flexibility index (Phi) is 5.04. The van der Waals surface area contributed by atoms with Crippen molar-refractivity contribution in [3.05, 3.63) is 29.3 Å². The molecule has 2 unspecified atom stereocenters. The molecule has 1 aromatic carbocycles. The first kappa shape index (κ1) is 16.0. The topological polar surface area (TPSA) is 35.5 Å². The Morgan fingerprint density at radius 1 is 1.33 bits per heavy atom. The third-order valence-electron chi connectivity index (χ3n) is 4.26. The average molecular weight is 290 g/mol. The second-order valence-corrected chi connectivity index (χ2v) is 7.04. The highest BCUT2D eigenvalue weighted by atomic mass is 16.5. The van der Waals surface area contributed by atoms with Crippen LogP contribution in [0, 0.1) is 11.3 Å². The summed E-state index contributed by atoms with van der Waals surface area (Å²) in [4.78, 5) is 10.9. The lowest BCUT2D eigenvalue weighted by Crippen LogP contribution is -2.32. The minimum Gasteiger partial charge on any atom is -0.496 e. The molecule has 1 aliphatic rings. The second kappa shape index (κ2) is 6.61. The van der Waals surface area contributed by atoms with Gasteiger partial charge in [0.1, 0.15) is 12.0 Å². The predicted molar refractivity (Wildman–Crippen MR) is 83.8 cm³/mol. The largest absolute Gasteiger partial charge is 0.496 e. The fourth-order valence-corrected chi connectivity index (χ4v) is 3.58. The number of benzene rings is 1. The zero-order valence-electron chi connectivity index (χ0n) is 13.5. The molecule has 116 valence electrons. The molecule has 0 aromatic heterocycles. The van der Waals surface area contributed by atoms with E-state index in [2.05, 4.69) is 20.8 Å². The molecule has 0 aliphatic heterocycles. The van der Waals surface area contributed by atoms with Gasteiger partial charge in [-0.3, -0.25) is 4.79 Å². The molecule has 2 atom stereocenters. The Morgan fingerprint density at radius 2 is 2.10 bits per heavy atom. The van der Waals surface area contributed by atoms with E-state index in [0.717, 1.165) is 30.4 Å². The summed E-state index contributed by atoms with van der Waals surface area (Å²) >= 11 is 0. The molecule has 0 saturated heterocycles. The molecule has 0 heterocycles. The van der Waals surface area contributed by atoms with Crippen molar-refractivity contribution in [1.82, 2.24) is 0 Å². The van der Waals surface area contributed by atoms with Crippen LogP contribution in [-0.4, -0.2) is 19.5 Å². The average Bonchev–Trinajstić information content (AvgIpc) is 2.42. The Labute approximate surface area is 127 Å². The molecule has 1 aromatic rings. The van der Waals surface area contributed by atoms with E-state index >= 15 is 0 Å². The van der Waals surface area contributed by atoms with E-state index in [4.69, 9.17) is 9.47 Å². The number of aldehydes is 1. The van der Waals surface area contributed by atoms with Crippen LogP contribution < -0.4 is 4.74 Å². The zero-order chi connectivity index (χ0) is 15.5. The molecule has 1 saturated carbocycles. The Morgan fingerprint density at radius 3 is 2.71 bits per heavy atom. The van der Waals surface area contributed by atoms with Crippen molar-refractivity contribution >= 4 is 6.29 Å². The normalized spacial score (nSPS) is 24.6. The van der Waals surface area contributed by atoms with Crippen LogP contribution in [0.2, 0.25) is 0 Å². The van der Waals surface area contributed by atoms with Gasteiger partial charge in [-0.25, -0.2) is 0 Å². The van der Waals surface area contributed by atoms with Gasteiger partial charge >= 0.3 is 0 Å². The van der Waals surface area contributed by atoms with Gasteiger partial charge in [0.05, 0.1) is 19.8 Å². The monoisotopic (exact) mass is 290 g/mol. The van der Waals surface area contributed by atoms with Crippen LogP contribution in [0.5, 0.6) is 5.75 Å². The van der Waals surface area contributed by atoms with Crippen molar-refractivity contribution in [3.8, 4) is 5.75 Å². The minimum atomic E-state index is 0.286. The summed E-state index contributed by atoms with van der Waals surface area (Å²) in [5.41, 5.74) is 1.95. The summed E-state index contributed by atoms with van der Waals surface area (Å²) < 4.78 is 11.5. The molecular formula is C18H26O3. The minimum absolute atomic E-state index is 0.286. The smallest absolute Gasteiger partial charge is 0.150 e. The Bertz CT molecular complexity index is 493. The fraction of sp³-hybridized carbons (Fsp3) is 0.611. The molecule has 1 fully saturated rings. The maximum Gasteiger partial charge on any atom is 0.150 e. The summed E-state index contributed by atoms with van der Waals surface area (Å²) in [6, 6.07) is 5.44. The van der Waals surface area contributed by atoms with Gasteiger partial charge in [0.15, 0.2) is 0 Å². The van der Waals surface area contributed by atoms with Crippen LogP contribution in [0.1, 0.15) is 56.0 Å². The quantitative estimate of drug-likeness (QED) is 0.761. The third kappa shape index (κ3) is 4.31. The molecule has 2 rings (SSSR count). The molecule has 0 radical (unpaired) electrons. The lowest BCUT2D eigenvalue weighted by molar-refractivity contribution is -0.0320. The van der Waals surface area contributed by atoms with Gasteiger partial charge in [-0.05, 0) is 48.8 Å². The van der Waals surface area contributed by atoms with Crippen LogP contribution in [0.3, 0.4) is 0 Å². The van der Waals surface area contributed by atoms with Crippen molar-refractivity contribution < 1.29 is 14.3 Å². The first-order valence-corrected chi connectivity index (χ1v) is 7.67. The maximum atomic E-state index is 10.9. The number of carbonyl (C=O) groups excluding carboxylic acids is 1. The number of ether oxygens (including phenoxy) is 2. The van der Waals surface area contributed by atoms with Crippen LogP contribution in [0.4, 0.5) is 0 Å². The van der Waals surface area contributed by atoms with Crippen molar-refractivity contribution in [1.29, 1.82) is 0 Å². The SMILES string of the molecule is COc1ccc(C=O)cc1COC1CC(C)CC(C)(C)C1. The van der Waals surface area contributed by atoms with Crippen LogP contribution in [0.25, 0.3) is 0 Å². The van der Waals surface area contributed by atoms with E-state index in [0.29, 0.717) is 23.5 Å². The van der Waals surface area contributed by atoms with E-state index in [1.165, 1.54) is 6.42 Å². The predicted octanol–water partition coefficient (Wildman–Crippen LogP) is 4.24. The van der Waals surface area contributed by atoms with E-state index < -0.39 is 0 Å². The highest BCUT2D eigenvalue weighted by Crippen LogP contribution is 2.40. The van der Waals surface area contributed by atoms with Crippen molar-refractivity contribution in [2.45, 2.75) is 52.7 Å². The number of carbonyl (C=O) groups is 1. The van der Waals surface area contributed by atoms with Crippen molar-refractivity contribution in [3.63, 3.8) is 0 Å². The third-order valence-corrected chi connectivity index (χ3v) is 4.26. The van der Waals surface area contributed by atoms with Gasteiger partial charge in [-0.2, -0.15) is 0 Å². The summed E-state index contributed by atoms with van der Waals surface area (Å²) in [6.45, 7) is 7.42. The standard InChI is InChI=1S/C18H26O3/c1-13-7-16(10-18(2,3)9-13)21-12-15-8-14(11-19)5-6-17(15)20-4/h5-6,8,11,13,16H,7,9-10,12H2,1-4H3. The first-order chi connectivity index (χ1) is 9.93. The van der Waals surface area contributed by atoms with E-state index in [-0.39, 0.29) is 6.10 Å². The van der Waals surface area contributed by atoms with Gasteiger partial charge in [0, 0.05) is 11.1 Å². The molecular weight excluding hydrogens is 264 g/mol. The van der Waals surface area contributed by atoms with Crippen LogP contribution in [-0.2, 0) is 11.3 Å². The zero-order valence-corrected chi connectivity index (χ0v) is 13.5. The van der Waals surface area contributed by atoms with E-state index in [1.807, 2.05) is 12.1 Å². The molecule has 0 bridgehead atoms.